The molecule has 0 spiro atoms. The maximum atomic E-state index is 12.1. The number of aromatic nitrogens is 2. The summed E-state index contributed by atoms with van der Waals surface area (Å²) in [4.78, 5) is 21.1. The Balaban J connectivity index is 1.64. The van der Waals surface area contributed by atoms with Crippen LogP contribution in [0.1, 0.15) is 15.2 Å². The average Bonchev–Trinajstić information content (AvgIpc) is 3.00. The van der Waals surface area contributed by atoms with Crippen LogP contribution >= 0.6 is 22.9 Å². The molecule has 1 amide bonds. The number of amides is 1. The summed E-state index contributed by atoms with van der Waals surface area (Å²) in [5.41, 5.74) is 2.13. The third kappa shape index (κ3) is 4.28. The summed E-state index contributed by atoms with van der Waals surface area (Å²) in [5.74, 6) is -0.190. The van der Waals surface area contributed by atoms with Gasteiger partial charge in [-0.1, -0.05) is 17.7 Å². The molecule has 0 fully saturated rings. The van der Waals surface area contributed by atoms with E-state index in [0.29, 0.717) is 22.3 Å². The normalized spacial score (nSPS) is 10.3. The van der Waals surface area contributed by atoms with Crippen molar-refractivity contribution in [3.05, 3.63) is 69.9 Å². The Hall–Kier alpha value is -2.44. The topological polar surface area (TPSA) is 66.9 Å². The Bertz CT molecular complexity index is 807. The largest absolute Gasteiger partial charge is 0.380 e. The van der Waals surface area contributed by atoms with Gasteiger partial charge in [0.2, 0.25) is 0 Å². The predicted octanol–water partition coefficient (Wildman–Crippen LogP) is 4.06. The molecule has 3 aromatic rings. The lowest BCUT2D eigenvalue weighted by Gasteiger charge is -2.09. The zero-order valence-corrected chi connectivity index (χ0v) is 13.6. The van der Waals surface area contributed by atoms with E-state index in [1.54, 1.807) is 24.5 Å². The van der Waals surface area contributed by atoms with Crippen molar-refractivity contribution in [1.82, 2.24) is 9.97 Å². The van der Waals surface area contributed by atoms with Crippen LogP contribution in [-0.4, -0.2) is 15.9 Å². The SMILES string of the molecule is O=C(Nc1cccc(NCc2cnc(Cl)s2)c1)c1cccnc1. The van der Waals surface area contributed by atoms with Crippen LogP contribution in [0, 0.1) is 0 Å². The lowest BCUT2D eigenvalue weighted by molar-refractivity contribution is 0.102. The van der Waals surface area contributed by atoms with E-state index in [1.807, 2.05) is 24.3 Å². The molecule has 0 saturated heterocycles. The van der Waals surface area contributed by atoms with Gasteiger partial charge in [-0.25, -0.2) is 4.98 Å². The van der Waals surface area contributed by atoms with Crippen LogP contribution in [0.4, 0.5) is 11.4 Å². The van der Waals surface area contributed by atoms with Gasteiger partial charge in [0, 0.05) is 34.8 Å². The van der Waals surface area contributed by atoms with Crippen LogP contribution in [-0.2, 0) is 6.54 Å². The van der Waals surface area contributed by atoms with E-state index < -0.39 is 0 Å². The maximum Gasteiger partial charge on any atom is 0.257 e. The minimum absolute atomic E-state index is 0.190. The number of carbonyl (C=O) groups is 1. The molecule has 0 saturated carbocycles. The van der Waals surface area contributed by atoms with Crippen molar-refractivity contribution in [1.29, 1.82) is 0 Å². The minimum atomic E-state index is -0.190. The fourth-order valence-corrected chi connectivity index (χ4v) is 2.88. The molecule has 0 aliphatic rings. The van der Waals surface area contributed by atoms with Crippen LogP contribution in [0.5, 0.6) is 0 Å². The highest BCUT2D eigenvalue weighted by atomic mass is 35.5. The summed E-state index contributed by atoms with van der Waals surface area (Å²) in [5, 5.41) is 6.13. The molecule has 1 aromatic carbocycles. The molecule has 2 heterocycles. The third-order valence-corrected chi connectivity index (χ3v) is 4.15. The van der Waals surface area contributed by atoms with Crippen molar-refractivity contribution in [3.8, 4) is 0 Å². The van der Waals surface area contributed by atoms with Gasteiger partial charge in [-0.2, -0.15) is 0 Å². The lowest BCUT2D eigenvalue weighted by atomic mass is 10.2. The van der Waals surface area contributed by atoms with Crippen molar-refractivity contribution in [2.75, 3.05) is 10.6 Å². The Labute approximate surface area is 142 Å². The van der Waals surface area contributed by atoms with E-state index in [9.17, 15) is 4.79 Å². The van der Waals surface area contributed by atoms with Crippen molar-refractivity contribution in [3.63, 3.8) is 0 Å². The second-order valence-electron chi connectivity index (χ2n) is 4.71. The number of benzene rings is 1. The number of anilines is 2. The Morgan fingerprint density at radius 3 is 2.78 bits per heavy atom. The molecular formula is C16H13ClN4OS. The van der Waals surface area contributed by atoms with Gasteiger partial charge in [0.25, 0.3) is 5.91 Å². The summed E-state index contributed by atoms with van der Waals surface area (Å²) in [6.07, 6.45) is 4.91. The molecule has 0 atom stereocenters. The van der Waals surface area contributed by atoms with Gasteiger partial charge in [0.15, 0.2) is 4.47 Å². The Morgan fingerprint density at radius 2 is 2.04 bits per heavy atom. The van der Waals surface area contributed by atoms with Crippen LogP contribution < -0.4 is 10.6 Å². The zero-order chi connectivity index (χ0) is 16.1. The quantitative estimate of drug-likeness (QED) is 0.732. The summed E-state index contributed by atoms with van der Waals surface area (Å²) < 4.78 is 0.527. The monoisotopic (exact) mass is 344 g/mol. The molecule has 0 unspecified atom stereocenters. The van der Waals surface area contributed by atoms with Crippen LogP contribution in [0.3, 0.4) is 0 Å². The number of nitrogens with zero attached hydrogens (tertiary/aromatic N) is 2. The summed E-state index contributed by atoms with van der Waals surface area (Å²) in [6, 6.07) is 11.0. The van der Waals surface area contributed by atoms with Crippen LogP contribution in [0.15, 0.2) is 55.0 Å². The number of hydrogen-bond acceptors (Lipinski definition) is 5. The van der Waals surface area contributed by atoms with Gasteiger partial charge in [-0.15, -0.1) is 11.3 Å². The number of halogens is 1. The molecule has 23 heavy (non-hydrogen) atoms. The number of rotatable bonds is 5. The highest BCUT2D eigenvalue weighted by Crippen LogP contribution is 2.20. The average molecular weight is 345 g/mol. The molecule has 0 aliphatic heterocycles. The Kier molecular flexibility index (Phi) is 4.85. The number of hydrogen-bond donors (Lipinski definition) is 2. The molecule has 0 aliphatic carbocycles. The first-order chi connectivity index (χ1) is 11.2. The maximum absolute atomic E-state index is 12.1. The summed E-state index contributed by atoms with van der Waals surface area (Å²) in [7, 11) is 0. The van der Waals surface area contributed by atoms with E-state index in [0.717, 1.165) is 10.6 Å². The van der Waals surface area contributed by atoms with Crippen LogP contribution in [0.25, 0.3) is 0 Å². The van der Waals surface area contributed by atoms with E-state index >= 15 is 0 Å². The smallest absolute Gasteiger partial charge is 0.257 e. The number of pyridine rings is 1. The third-order valence-electron chi connectivity index (χ3n) is 3.04. The van der Waals surface area contributed by atoms with Gasteiger partial charge in [-0.3, -0.25) is 9.78 Å². The first-order valence-corrected chi connectivity index (χ1v) is 8.06. The molecule has 116 valence electrons. The number of carbonyl (C=O) groups excluding carboxylic acids is 1. The fourth-order valence-electron chi connectivity index (χ4n) is 1.96. The zero-order valence-electron chi connectivity index (χ0n) is 12.0. The fraction of sp³-hybridized carbons (Fsp3) is 0.0625. The molecule has 7 heteroatoms. The van der Waals surface area contributed by atoms with Crippen molar-refractivity contribution >= 4 is 40.2 Å². The molecule has 2 N–H and O–H groups in total. The second kappa shape index (κ2) is 7.21. The Morgan fingerprint density at radius 1 is 1.17 bits per heavy atom. The standard InChI is InChI=1S/C16H13ClN4OS/c17-16-20-10-14(23-16)9-19-12-4-1-5-13(7-12)21-15(22)11-3-2-6-18-8-11/h1-8,10,19H,9H2,(H,21,22). The van der Waals surface area contributed by atoms with E-state index in [2.05, 4.69) is 20.6 Å². The summed E-state index contributed by atoms with van der Waals surface area (Å²) in [6.45, 7) is 0.629. The van der Waals surface area contributed by atoms with Crippen molar-refractivity contribution in [2.24, 2.45) is 0 Å². The number of nitrogens with one attached hydrogen (secondary N) is 2. The first kappa shape index (κ1) is 15.5. The predicted molar refractivity (Wildman–Crippen MR) is 93.1 cm³/mol. The van der Waals surface area contributed by atoms with Gasteiger partial charge < -0.3 is 10.6 Å². The van der Waals surface area contributed by atoms with Gasteiger partial charge >= 0.3 is 0 Å². The highest BCUT2D eigenvalue weighted by Gasteiger charge is 2.06. The molecule has 0 radical (unpaired) electrons. The molecule has 3 rings (SSSR count). The number of thiazole rings is 1. The van der Waals surface area contributed by atoms with Gasteiger partial charge in [-0.05, 0) is 30.3 Å². The lowest BCUT2D eigenvalue weighted by Crippen LogP contribution is -2.12. The molecular weight excluding hydrogens is 332 g/mol. The summed E-state index contributed by atoms with van der Waals surface area (Å²) >= 11 is 7.24. The highest BCUT2D eigenvalue weighted by molar-refractivity contribution is 7.15. The van der Waals surface area contributed by atoms with E-state index in [1.165, 1.54) is 17.5 Å². The minimum Gasteiger partial charge on any atom is -0.380 e. The van der Waals surface area contributed by atoms with Gasteiger partial charge in [0.1, 0.15) is 0 Å². The van der Waals surface area contributed by atoms with Crippen LogP contribution in [0.2, 0.25) is 4.47 Å². The van der Waals surface area contributed by atoms with E-state index in [-0.39, 0.29) is 5.91 Å². The molecule has 0 bridgehead atoms. The first-order valence-electron chi connectivity index (χ1n) is 6.86. The molecule has 2 aromatic heterocycles. The van der Waals surface area contributed by atoms with Crippen molar-refractivity contribution in [2.45, 2.75) is 6.54 Å². The molecule has 5 nitrogen and oxygen atoms in total. The van der Waals surface area contributed by atoms with Crippen molar-refractivity contribution < 1.29 is 4.79 Å². The second-order valence-corrected chi connectivity index (χ2v) is 6.41. The van der Waals surface area contributed by atoms with E-state index in [4.69, 9.17) is 11.6 Å². The van der Waals surface area contributed by atoms with Gasteiger partial charge in [0.05, 0.1) is 12.1 Å².